The number of hydrogen-bond acceptors (Lipinski definition) is 15. The maximum absolute atomic E-state index is 12.2. The fourth-order valence-corrected chi connectivity index (χ4v) is 22.3. The molecule has 5 heterocycles. The summed E-state index contributed by atoms with van der Waals surface area (Å²) < 4.78 is 55.2. The van der Waals surface area contributed by atoms with Crippen LogP contribution in [0.25, 0.3) is 0 Å². The van der Waals surface area contributed by atoms with Crippen molar-refractivity contribution in [3.05, 3.63) is 202 Å². The molecule has 0 amide bonds. The maximum atomic E-state index is 12.2. The first-order chi connectivity index (χ1) is 49.7. The van der Waals surface area contributed by atoms with E-state index < -0.39 is 0 Å². The summed E-state index contributed by atoms with van der Waals surface area (Å²) in [6.07, 6.45) is 26.6. The summed E-state index contributed by atoms with van der Waals surface area (Å²) in [5.41, 5.74) is 7.86. The first kappa shape index (κ1) is 71.3. The third kappa shape index (κ3) is 12.2. The Morgan fingerprint density at radius 1 is 0.388 bits per heavy atom. The van der Waals surface area contributed by atoms with E-state index in [1.54, 1.807) is 0 Å². The first-order valence-corrected chi connectivity index (χ1v) is 38.2. The van der Waals surface area contributed by atoms with Crippen molar-refractivity contribution >= 4 is 29.8 Å². The quantitative estimate of drug-likeness (QED) is 0.0738. The van der Waals surface area contributed by atoms with Crippen molar-refractivity contribution < 1.29 is 71.3 Å². The van der Waals surface area contributed by atoms with Gasteiger partial charge in [-0.1, -0.05) is 193 Å². The summed E-state index contributed by atoms with van der Waals surface area (Å²) in [7, 11) is 7.28. The Morgan fingerprint density at radius 2 is 0.767 bits per heavy atom. The van der Waals surface area contributed by atoms with Gasteiger partial charge in [-0.25, -0.2) is 24.0 Å². The van der Waals surface area contributed by atoms with Crippen molar-refractivity contribution in [2.75, 3.05) is 35.5 Å². The molecule has 15 nitrogen and oxygen atoms in total. The van der Waals surface area contributed by atoms with Crippen molar-refractivity contribution in [3.63, 3.8) is 0 Å². The van der Waals surface area contributed by atoms with Gasteiger partial charge in [-0.15, -0.1) is 0 Å². The third-order valence-corrected chi connectivity index (χ3v) is 27.2. The molecule has 23 atom stereocenters. The minimum absolute atomic E-state index is 0.186. The zero-order valence-electron chi connectivity index (χ0n) is 61.8. The number of rotatable bonds is 12. The molecule has 546 valence electrons. The van der Waals surface area contributed by atoms with Crippen LogP contribution in [-0.4, -0.2) is 124 Å². The van der Waals surface area contributed by atoms with Gasteiger partial charge >= 0.3 is 29.8 Å². The summed E-state index contributed by atoms with van der Waals surface area (Å²) in [6, 6.07) is 42.3. The van der Waals surface area contributed by atoms with Gasteiger partial charge in [0.05, 0.1) is 93.9 Å². The molecule has 15 aliphatic rings. The van der Waals surface area contributed by atoms with Crippen LogP contribution in [0.2, 0.25) is 0 Å². The van der Waals surface area contributed by atoms with Gasteiger partial charge in [-0.05, 0) is 183 Å². The van der Waals surface area contributed by atoms with Crippen LogP contribution >= 0.6 is 0 Å². The number of carbonyl (C=O) groups excluding carboxylic acids is 5. The molecule has 0 N–H and O–H groups in total. The van der Waals surface area contributed by atoms with Gasteiger partial charge in [0.15, 0.2) is 0 Å². The number of ether oxygens (including phenoxy) is 10. The second kappa shape index (κ2) is 27.6. The maximum Gasteiger partial charge on any atom is 0.336 e. The first-order valence-electron chi connectivity index (χ1n) is 38.2. The number of allylic oxidation sites excluding steroid dienone is 5. The summed E-state index contributed by atoms with van der Waals surface area (Å²) >= 11 is 0. The summed E-state index contributed by atoms with van der Waals surface area (Å²) in [6.45, 7) is 13.3. The predicted molar refractivity (Wildman–Crippen MR) is 387 cm³/mol. The average Bonchev–Trinajstić information content (AvgIpc) is 1.54. The van der Waals surface area contributed by atoms with E-state index >= 15 is 0 Å². The molecular weight excluding hydrogens is 1300 g/mol. The van der Waals surface area contributed by atoms with Gasteiger partial charge in [-0.2, -0.15) is 0 Å². The minimum atomic E-state index is -0.361. The fraction of sp³-hybridized carbons (Fsp3) is 0.557. The number of hydrogen-bond donors (Lipinski definition) is 0. The Bertz CT molecular complexity index is 3930. The lowest BCUT2D eigenvalue weighted by Crippen LogP contribution is -2.45. The molecule has 0 aromatic heterocycles. The highest BCUT2D eigenvalue weighted by Gasteiger charge is 2.77. The van der Waals surface area contributed by atoms with Crippen LogP contribution in [0.4, 0.5) is 0 Å². The normalized spacial score (nSPS) is 39.7. The third-order valence-electron chi connectivity index (χ3n) is 27.2. The molecule has 5 saturated carbocycles. The Hall–Kier alpha value is -7.27. The lowest BCUT2D eigenvalue weighted by molar-refractivity contribution is -0.138. The van der Waals surface area contributed by atoms with Crippen LogP contribution in [-0.2, 0) is 90.6 Å². The number of epoxide rings is 5. The zero-order chi connectivity index (χ0) is 72.1. The molecule has 4 aromatic rings. The minimum Gasteiger partial charge on any atom is -0.466 e. The van der Waals surface area contributed by atoms with Crippen molar-refractivity contribution in [2.45, 2.75) is 196 Å². The van der Waals surface area contributed by atoms with E-state index in [9.17, 15) is 24.0 Å². The summed E-state index contributed by atoms with van der Waals surface area (Å²) in [4.78, 5) is 60.5. The summed E-state index contributed by atoms with van der Waals surface area (Å²) in [5, 5.41) is 0. The second-order valence-electron chi connectivity index (χ2n) is 33.2. The molecule has 5 spiro atoms. The van der Waals surface area contributed by atoms with E-state index in [1.807, 2.05) is 24.3 Å². The van der Waals surface area contributed by atoms with Gasteiger partial charge in [0.2, 0.25) is 0 Å². The molecular formula is C88H104O15. The van der Waals surface area contributed by atoms with Crippen molar-refractivity contribution in [3.8, 4) is 0 Å². The summed E-state index contributed by atoms with van der Waals surface area (Å²) in [5.74, 6) is 4.82. The van der Waals surface area contributed by atoms with Crippen LogP contribution in [0.5, 0.6) is 0 Å². The SMILES string of the molecule is COC(=O)C1=CCC[C@H]2C[C@@H](Cc3ccccc3)[C@@H]3O[C@]123.COC(=O)C1=C[C@H](C)C(C)(C)[C@H]2CC[C@@H]3O[C@@]132.COC(=O)C1=C[C@H](C)C[C@H]2C[C@@H](Cc3ccccc3)[C@@H]3O[C@]123.COC(=O)C1=C[C@H](C)C[C@H]2C[C@H](Cc3ccccc3)[C@H]3O[C@]123.COC(=O)C1=C[C@H](C)C[C@H]2[C@H](c3ccccc3)C[C@@H]3O[C@@]132. The van der Waals surface area contributed by atoms with E-state index in [2.05, 4.69) is 169 Å². The Labute approximate surface area is 607 Å². The number of carbonyl (C=O) groups is 5. The topological polar surface area (TPSA) is 194 Å². The number of benzene rings is 4. The smallest absolute Gasteiger partial charge is 0.336 e. The Morgan fingerprint density at radius 3 is 1.20 bits per heavy atom. The molecule has 0 unspecified atom stereocenters. The van der Waals surface area contributed by atoms with Gasteiger partial charge in [0.25, 0.3) is 0 Å². The van der Waals surface area contributed by atoms with E-state index in [-0.39, 0.29) is 93.8 Å². The highest BCUT2D eigenvalue weighted by Crippen LogP contribution is 2.70. The monoisotopic (exact) mass is 1400 g/mol. The van der Waals surface area contributed by atoms with E-state index in [4.69, 9.17) is 47.4 Å². The molecule has 0 radical (unpaired) electrons. The number of esters is 5. The molecule has 103 heavy (non-hydrogen) atoms. The lowest BCUT2D eigenvalue weighted by Gasteiger charge is -2.44. The fourth-order valence-electron chi connectivity index (χ4n) is 22.3. The van der Waals surface area contributed by atoms with Gasteiger partial charge in [0, 0.05) is 11.8 Å². The van der Waals surface area contributed by atoms with Crippen LogP contribution < -0.4 is 0 Å². The second-order valence-corrected chi connectivity index (χ2v) is 33.2. The standard InChI is InChI=1S/2C19H22O3.2C18H20O3.C14H20O3/c2*1-12-8-15-11-14(10-13-6-4-3-5-7-13)17-19(15,22-17)16(9-12)18(20)21-2;1-11-8-14-13(12-6-4-3-5-7-12)10-16-18(14,21-16)15(9-11)17(19)20-2;1-20-17(19)15-9-5-8-14-11-13(16-18(14,15)21-16)10-12-6-3-2-4-7-12;1-8-7-9(12(15)16-4)14-10(13(8,2)3)5-6-11(14)17-14/h2*3-7,9,12,14-15,17H,8,10-11H2,1-2H3;3-7,9,11,13-14,16H,8,10H2,1-2H3;2-4,6-7,9,13-14,16H,5,8,10-11H2,1H3;7-8,10-11H,5-6H2,1-4H3/t12-,14+,15+,17-,19+;12-,14-,15+,17+,19+;11-,13+,14+,16+,18+;13-,14+,16+,18+;8-,10+,11-,14+/m11110/s1. The van der Waals surface area contributed by atoms with Gasteiger partial charge in [-0.3, -0.25) is 0 Å². The zero-order valence-corrected chi connectivity index (χ0v) is 61.8. The van der Waals surface area contributed by atoms with E-state index in [0.29, 0.717) is 76.9 Å². The molecule has 10 aliphatic carbocycles. The number of methoxy groups -OCH3 is 5. The highest BCUT2D eigenvalue weighted by atomic mass is 16.6. The van der Waals surface area contributed by atoms with E-state index in [1.165, 1.54) is 57.8 Å². The van der Waals surface area contributed by atoms with Crippen molar-refractivity contribution in [1.29, 1.82) is 0 Å². The molecule has 19 rings (SSSR count). The van der Waals surface area contributed by atoms with Gasteiger partial charge < -0.3 is 47.4 Å². The Kier molecular flexibility index (Phi) is 19.1. The van der Waals surface area contributed by atoms with Crippen LogP contribution in [0, 0.1) is 76.4 Å². The highest BCUT2D eigenvalue weighted by molar-refractivity contribution is 5.95. The van der Waals surface area contributed by atoms with Crippen LogP contribution in [0.15, 0.2) is 180 Å². The molecule has 0 bridgehead atoms. The molecule has 4 aromatic carbocycles. The van der Waals surface area contributed by atoms with Crippen molar-refractivity contribution in [1.82, 2.24) is 0 Å². The predicted octanol–water partition coefficient (Wildman–Crippen LogP) is 14.6. The lowest BCUT2D eigenvalue weighted by atomic mass is 9.60. The van der Waals surface area contributed by atoms with E-state index in [0.717, 1.165) is 118 Å². The molecule has 5 aliphatic heterocycles. The van der Waals surface area contributed by atoms with Crippen LogP contribution in [0.1, 0.15) is 140 Å². The Balaban J connectivity index is 0.000000104. The molecule has 15 heteroatoms. The average molecular weight is 1400 g/mol. The molecule has 10 fully saturated rings. The van der Waals surface area contributed by atoms with Crippen LogP contribution in [0.3, 0.4) is 0 Å². The largest absolute Gasteiger partial charge is 0.466 e. The van der Waals surface area contributed by atoms with Crippen molar-refractivity contribution in [2.24, 2.45) is 76.4 Å². The van der Waals surface area contributed by atoms with Gasteiger partial charge in [0.1, 0.15) is 28.0 Å². The molecule has 5 saturated heterocycles.